The van der Waals surface area contributed by atoms with Gasteiger partial charge in [-0.3, -0.25) is 9.69 Å². The number of piperazine rings is 1. The van der Waals surface area contributed by atoms with Crippen molar-refractivity contribution < 1.29 is 9.90 Å². The zero-order valence-electron chi connectivity index (χ0n) is 13.6. The van der Waals surface area contributed by atoms with E-state index in [-0.39, 0.29) is 30.0 Å². The lowest BCUT2D eigenvalue weighted by molar-refractivity contribution is -0.127. The van der Waals surface area contributed by atoms with E-state index in [0.717, 1.165) is 32.6 Å². The highest BCUT2D eigenvalue weighted by molar-refractivity contribution is 5.81. The molecule has 1 aliphatic rings. The number of likely N-dealkylation sites (N-methyl/N-ethyl adjacent to an activating group) is 1. The van der Waals surface area contributed by atoms with Crippen molar-refractivity contribution in [1.29, 1.82) is 0 Å². The van der Waals surface area contributed by atoms with Crippen LogP contribution in [0.3, 0.4) is 0 Å². The molecule has 118 valence electrons. The van der Waals surface area contributed by atoms with Crippen molar-refractivity contribution in [1.82, 2.24) is 15.1 Å². The number of aliphatic hydroxyl groups is 1. The van der Waals surface area contributed by atoms with Gasteiger partial charge >= 0.3 is 0 Å². The van der Waals surface area contributed by atoms with Crippen LogP contribution in [0, 0.1) is 5.41 Å². The van der Waals surface area contributed by atoms with E-state index in [4.69, 9.17) is 0 Å². The predicted octanol–water partition coefficient (Wildman–Crippen LogP) is 0.536. The Labute approximate surface area is 123 Å². The van der Waals surface area contributed by atoms with Gasteiger partial charge in [-0.05, 0) is 25.8 Å². The first-order valence-corrected chi connectivity index (χ1v) is 7.57. The Kier molecular flexibility index (Phi) is 6.43. The monoisotopic (exact) mass is 285 g/mol. The number of hydrogen-bond donors (Lipinski definition) is 2. The van der Waals surface area contributed by atoms with Gasteiger partial charge in [0.15, 0.2) is 0 Å². The van der Waals surface area contributed by atoms with E-state index in [9.17, 15) is 9.90 Å². The zero-order valence-corrected chi connectivity index (χ0v) is 13.6. The van der Waals surface area contributed by atoms with Gasteiger partial charge in [0.25, 0.3) is 0 Å². The third-order valence-corrected chi connectivity index (χ3v) is 3.89. The smallest absolute Gasteiger partial charge is 0.237 e. The van der Waals surface area contributed by atoms with Crippen LogP contribution in [0.15, 0.2) is 0 Å². The number of nitrogens with zero attached hydrogens (tertiary/aromatic N) is 2. The maximum atomic E-state index is 12.3. The second-order valence-electron chi connectivity index (χ2n) is 7.17. The minimum atomic E-state index is -0.155. The summed E-state index contributed by atoms with van der Waals surface area (Å²) in [6.07, 6.45) is 0.782. The Hall–Kier alpha value is -0.650. The summed E-state index contributed by atoms with van der Waals surface area (Å²) >= 11 is 0. The van der Waals surface area contributed by atoms with Gasteiger partial charge in [0.05, 0.1) is 18.7 Å². The first-order valence-electron chi connectivity index (χ1n) is 7.57. The van der Waals surface area contributed by atoms with Crippen LogP contribution in [0.5, 0.6) is 0 Å². The van der Waals surface area contributed by atoms with Crippen LogP contribution in [0.25, 0.3) is 0 Å². The van der Waals surface area contributed by atoms with Crippen molar-refractivity contribution >= 4 is 5.91 Å². The van der Waals surface area contributed by atoms with Crippen LogP contribution in [-0.2, 0) is 4.79 Å². The number of carbonyl (C=O) groups excluding carboxylic acids is 1. The largest absolute Gasteiger partial charge is 0.394 e. The van der Waals surface area contributed by atoms with Crippen LogP contribution in [0.4, 0.5) is 0 Å². The van der Waals surface area contributed by atoms with Crippen molar-refractivity contribution in [3.63, 3.8) is 0 Å². The average molecular weight is 285 g/mol. The number of carbonyl (C=O) groups is 1. The van der Waals surface area contributed by atoms with E-state index in [2.05, 4.69) is 42.9 Å². The molecule has 0 bridgehead atoms. The van der Waals surface area contributed by atoms with E-state index in [1.165, 1.54) is 0 Å². The molecule has 1 heterocycles. The van der Waals surface area contributed by atoms with Crippen LogP contribution in [-0.4, -0.2) is 72.7 Å². The van der Waals surface area contributed by atoms with E-state index in [1.54, 1.807) is 0 Å². The lowest BCUT2D eigenvalue weighted by Crippen LogP contribution is -2.55. The molecule has 0 aromatic carbocycles. The first-order chi connectivity index (χ1) is 9.23. The Balaban J connectivity index is 2.47. The third kappa shape index (κ3) is 5.77. The Bertz CT molecular complexity index is 307. The van der Waals surface area contributed by atoms with Gasteiger partial charge in [-0.1, -0.05) is 20.8 Å². The summed E-state index contributed by atoms with van der Waals surface area (Å²) in [4.78, 5) is 16.8. The molecule has 5 nitrogen and oxygen atoms in total. The lowest BCUT2D eigenvalue weighted by Gasteiger charge is -2.36. The van der Waals surface area contributed by atoms with E-state index >= 15 is 0 Å². The lowest BCUT2D eigenvalue weighted by atomic mass is 9.88. The topological polar surface area (TPSA) is 55.8 Å². The number of amides is 1. The molecule has 2 unspecified atom stereocenters. The molecule has 5 heteroatoms. The summed E-state index contributed by atoms with van der Waals surface area (Å²) in [5.41, 5.74) is 0.0950. The highest BCUT2D eigenvalue weighted by atomic mass is 16.3. The molecular formula is C15H31N3O2. The minimum absolute atomic E-state index is 0.00152. The van der Waals surface area contributed by atoms with Gasteiger partial charge in [-0.15, -0.1) is 0 Å². The van der Waals surface area contributed by atoms with Crippen molar-refractivity contribution in [3.05, 3.63) is 0 Å². The molecule has 0 aliphatic carbocycles. The van der Waals surface area contributed by atoms with E-state index < -0.39 is 0 Å². The normalized spacial score (nSPS) is 21.5. The first kappa shape index (κ1) is 17.4. The summed E-state index contributed by atoms with van der Waals surface area (Å²) in [7, 11) is 2.10. The third-order valence-electron chi connectivity index (χ3n) is 3.89. The fourth-order valence-electron chi connectivity index (χ4n) is 2.60. The molecule has 0 aromatic heterocycles. The molecule has 1 amide bonds. The van der Waals surface area contributed by atoms with Crippen LogP contribution in [0.2, 0.25) is 0 Å². The highest BCUT2D eigenvalue weighted by Crippen LogP contribution is 2.20. The van der Waals surface area contributed by atoms with Crippen molar-refractivity contribution in [2.75, 3.05) is 39.8 Å². The van der Waals surface area contributed by atoms with Gasteiger partial charge < -0.3 is 15.3 Å². The summed E-state index contributed by atoms with van der Waals surface area (Å²) in [5, 5.41) is 12.4. The number of hydrogen-bond acceptors (Lipinski definition) is 4. The second kappa shape index (κ2) is 7.38. The van der Waals surface area contributed by atoms with Crippen molar-refractivity contribution in [2.45, 2.75) is 46.2 Å². The SMILES string of the molecule is CC(C(=O)NC(CO)CC(C)(C)C)N1CCN(C)CC1. The van der Waals surface area contributed by atoms with Gasteiger partial charge in [-0.2, -0.15) is 0 Å². The molecular weight excluding hydrogens is 254 g/mol. The summed E-state index contributed by atoms with van der Waals surface area (Å²) < 4.78 is 0. The van der Waals surface area contributed by atoms with Crippen molar-refractivity contribution in [3.8, 4) is 0 Å². The molecule has 2 atom stereocenters. The fraction of sp³-hybridized carbons (Fsp3) is 0.933. The number of rotatable bonds is 5. The number of nitrogens with one attached hydrogen (secondary N) is 1. The van der Waals surface area contributed by atoms with E-state index in [1.807, 2.05) is 6.92 Å². The van der Waals surface area contributed by atoms with Gasteiger partial charge in [0, 0.05) is 26.2 Å². The molecule has 1 rings (SSSR count). The summed E-state index contributed by atoms with van der Waals surface area (Å²) in [5.74, 6) is 0.0258. The van der Waals surface area contributed by atoms with E-state index in [0.29, 0.717) is 0 Å². The second-order valence-corrected chi connectivity index (χ2v) is 7.17. The minimum Gasteiger partial charge on any atom is -0.394 e. The maximum Gasteiger partial charge on any atom is 0.237 e. The van der Waals surface area contributed by atoms with Crippen LogP contribution in [0.1, 0.15) is 34.1 Å². The zero-order chi connectivity index (χ0) is 15.3. The molecule has 1 aliphatic heterocycles. The molecule has 0 radical (unpaired) electrons. The average Bonchev–Trinajstić information content (AvgIpc) is 2.36. The quantitative estimate of drug-likeness (QED) is 0.774. The predicted molar refractivity (Wildman–Crippen MR) is 81.6 cm³/mol. The maximum absolute atomic E-state index is 12.3. The standard InChI is InChI=1S/C15H31N3O2/c1-12(18-8-6-17(5)7-9-18)14(20)16-13(11-19)10-15(2,3)4/h12-13,19H,6-11H2,1-5H3,(H,16,20). The summed E-state index contributed by atoms with van der Waals surface area (Å²) in [6.45, 7) is 12.2. The highest BCUT2D eigenvalue weighted by Gasteiger charge is 2.27. The molecule has 0 aromatic rings. The Morgan fingerprint density at radius 1 is 1.25 bits per heavy atom. The molecule has 1 fully saturated rings. The molecule has 2 N–H and O–H groups in total. The van der Waals surface area contributed by atoms with Crippen LogP contribution >= 0.6 is 0 Å². The Morgan fingerprint density at radius 3 is 2.25 bits per heavy atom. The number of aliphatic hydroxyl groups excluding tert-OH is 1. The van der Waals surface area contributed by atoms with Gasteiger partial charge in [0.1, 0.15) is 0 Å². The fourth-order valence-corrected chi connectivity index (χ4v) is 2.60. The molecule has 0 saturated carbocycles. The van der Waals surface area contributed by atoms with Crippen LogP contribution < -0.4 is 5.32 Å². The summed E-state index contributed by atoms with van der Waals surface area (Å²) in [6, 6.07) is -0.282. The molecule has 0 spiro atoms. The Morgan fingerprint density at radius 2 is 1.80 bits per heavy atom. The van der Waals surface area contributed by atoms with Gasteiger partial charge in [-0.25, -0.2) is 0 Å². The molecule has 1 saturated heterocycles. The van der Waals surface area contributed by atoms with Gasteiger partial charge in [0.2, 0.25) is 5.91 Å². The van der Waals surface area contributed by atoms with Crippen molar-refractivity contribution in [2.24, 2.45) is 5.41 Å². The molecule has 20 heavy (non-hydrogen) atoms.